The van der Waals surface area contributed by atoms with Crippen LogP contribution in [-0.4, -0.2) is 72.1 Å². The predicted octanol–water partition coefficient (Wildman–Crippen LogP) is 0.0313. The van der Waals surface area contributed by atoms with Crippen molar-refractivity contribution in [2.45, 2.75) is 31.7 Å². The van der Waals surface area contributed by atoms with Crippen molar-refractivity contribution in [2.24, 2.45) is 7.05 Å². The van der Waals surface area contributed by atoms with Gasteiger partial charge in [0.1, 0.15) is 12.2 Å². The Balaban J connectivity index is 1.86. The molecule has 0 radical (unpaired) electrons. The molecule has 4 rings (SSSR count). The largest absolute Gasteiger partial charge is 0.467 e. The van der Waals surface area contributed by atoms with Gasteiger partial charge in [0, 0.05) is 13.6 Å². The molecular weight excluding hydrogens is 472 g/mol. The van der Waals surface area contributed by atoms with Gasteiger partial charge in [-0.05, 0) is 12.5 Å². The molecular formula is C23H26N6O7. The Hall–Kier alpha value is -4.23. The summed E-state index contributed by atoms with van der Waals surface area (Å²) in [7, 11) is 3.81. The lowest BCUT2D eigenvalue weighted by Gasteiger charge is -2.25. The molecule has 13 nitrogen and oxygen atoms in total. The number of aliphatic hydroxyl groups excluding tert-OH is 2. The summed E-state index contributed by atoms with van der Waals surface area (Å²) >= 11 is 0. The lowest BCUT2D eigenvalue weighted by atomic mass is 10.0. The maximum absolute atomic E-state index is 13.7. The van der Waals surface area contributed by atoms with Crippen molar-refractivity contribution in [3.8, 4) is 0 Å². The van der Waals surface area contributed by atoms with E-state index in [9.17, 15) is 24.6 Å². The Bertz CT molecular complexity index is 1490. The van der Waals surface area contributed by atoms with Crippen LogP contribution in [0, 0.1) is 6.92 Å². The number of hydrogen-bond donors (Lipinski definition) is 3. The summed E-state index contributed by atoms with van der Waals surface area (Å²) in [6.45, 7) is 1.93. The van der Waals surface area contributed by atoms with Crippen molar-refractivity contribution in [3.63, 3.8) is 0 Å². The fraction of sp³-hybridized carbons (Fsp3) is 0.348. The van der Waals surface area contributed by atoms with Crippen LogP contribution in [0.3, 0.4) is 0 Å². The van der Waals surface area contributed by atoms with E-state index in [-0.39, 0.29) is 22.7 Å². The highest BCUT2D eigenvalue weighted by Crippen LogP contribution is 2.25. The number of amides is 1. The first-order chi connectivity index (χ1) is 17.2. The molecule has 4 aromatic rings. The SMILES string of the molecule is COC(=O)N[C@H](C(=O)OC)[C@@H](O)[C@H](O)c1c(C)nc2n(C)c3ncn(Cc4ccccc4)c3c(=O)n12. The van der Waals surface area contributed by atoms with E-state index in [0.717, 1.165) is 19.8 Å². The van der Waals surface area contributed by atoms with Gasteiger partial charge in [0.2, 0.25) is 5.78 Å². The summed E-state index contributed by atoms with van der Waals surface area (Å²) < 4.78 is 13.6. The highest BCUT2D eigenvalue weighted by atomic mass is 16.5. The summed E-state index contributed by atoms with van der Waals surface area (Å²) in [4.78, 5) is 46.5. The first-order valence-corrected chi connectivity index (χ1v) is 10.9. The number of aromatic nitrogens is 5. The van der Waals surface area contributed by atoms with E-state index in [1.165, 1.54) is 4.40 Å². The van der Waals surface area contributed by atoms with Gasteiger partial charge in [-0.2, -0.15) is 0 Å². The molecule has 0 fully saturated rings. The zero-order valence-corrected chi connectivity index (χ0v) is 20.1. The van der Waals surface area contributed by atoms with Crippen LogP contribution in [0.25, 0.3) is 16.9 Å². The summed E-state index contributed by atoms with van der Waals surface area (Å²) in [5, 5.41) is 24.1. The second-order valence-electron chi connectivity index (χ2n) is 8.18. The number of methoxy groups -OCH3 is 2. The quantitative estimate of drug-likeness (QED) is 0.298. The minimum Gasteiger partial charge on any atom is -0.467 e. The topological polar surface area (TPSA) is 162 Å². The van der Waals surface area contributed by atoms with E-state index >= 15 is 0 Å². The highest BCUT2D eigenvalue weighted by Gasteiger charge is 2.38. The Morgan fingerprint density at radius 2 is 1.83 bits per heavy atom. The van der Waals surface area contributed by atoms with Gasteiger partial charge < -0.3 is 29.6 Å². The molecule has 0 saturated carbocycles. The van der Waals surface area contributed by atoms with Gasteiger partial charge in [-0.1, -0.05) is 30.3 Å². The molecule has 1 amide bonds. The smallest absolute Gasteiger partial charge is 0.407 e. The lowest BCUT2D eigenvalue weighted by Crippen LogP contribution is -2.51. The molecule has 190 valence electrons. The van der Waals surface area contributed by atoms with Crippen LogP contribution in [-0.2, 0) is 27.9 Å². The maximum atomic E-state index is 13.7. The maximum Gasteiger partial charge on any atom is 0.407 e. The van der Waals surface area contributed by atoms with Gasteiger partial charge in [-0.15, -0.1) is 0 Å². The Labute approximate surface area is 204 Å². The van der Waals surface area contributed by atoms with Gasteiger partial charge in [0.25, 0.3) is 5.56 Å². The number of aliphatic hydroxyl groups is 2. The van der Waals surface area contributed by atoms with E-state index in [4.69, 9.17) is 0 Å². The lowest BCUT2D eigenvalue weighted by molar-refractivity contribution is -0.148. The van der Waals surface area contributed by atoms with E-state index in [1.54, 1.807) is 29.4 Å². The van der Waals surface area contributed by atoms with Gasteiger partial charge in [0.05, 0.1) is 31.9 Å². The molecule has 0 saturated heterocycles. The van der Waals surface area contributed by atoms with Crippen LogP contribution in [0.5, 0.6) is 0 Å². The number of hydrogen-bond acceptors (Lipinski definition) is 9. The molecule has 3 heterocycles. The minimum absolute atomic E-state index is 0.0481. The van der Waals surface area contributed by atoms with Crippen LogP contribution < -0.4 is 10.9 Å². The zero-order chi connectivity index (χ0) is 26.1. The molecule has 0 aliphatic heterocycles. The monoisotopic (exact) mass is 498 g/mol. The van der Waals surface area contributed by atoms with E-state index in [2.05, 4.69) is 24.8 Å². The number of benzene rings is 1. The van der Waals surface area contributed by atoms with E-state index in [1.807, 2.05) is 30.3 Å². The van der Waals surface area contributed by atoms with Crippen molar-refractivity contribution in [1.82, 2.24) is 28.8 Å². The fourth-order valence-electron chi connectivity index (χ4n) is 4.18. The van der Waals surface area contributed by atoms with Crippen molar-refractivity contribution < 1.29 is 29.3 Å². The predicted molar refractivity (Wildman–Crippen MR) is 126 cm³/mol. The molecule has 13 heteroatoms. The van der Waals surface area contributed by atoms with Crippen molar-refractivity contribution in [3.05, 3.63) is 64.0 Å². The Morgan fingerprint density at radius 3 is 2.47 bits per heavy atom. The Morgan fingerprint density at radius 1 is 1.14 bits per heavy atom. The van der Waals surface area contributed by atoms with E-state index in [0.29, 0.717) is 12.2 Å². The summed E-state index contributed by atoms with van der Waals surface area (Å²) in [6, 6.07) is 7.83. The fourth-order valence-corrected chi connectivity index (χ4v) is 4.18. The second kappa shape index (κ2) is 9.79. The molecule has 3 N–H and O–H groups in total. The number of carbonyl (C=O) groups excluding carboxylic acids is 2. The van der Waals surface area contributed by atoms with E-state index < -0.39 is 35.9 Å². The van der Waals surface area contributed by atoms with Crippen LogP contribution in [0.15, 0.2) is 41.5 Å². The third kappa shape index (κ3) is 4.18. The van der Waals surface area contributed by atoms with Gasteiger partial charge in [0.15, 0.2) is 17.2 Å². The van der Waals surface area contributed by atoms with Crippen molar-refractivity contribution >= 4 is 29.0 Å². The number of carbonyl (C=O) groups is 2. The molecule has 0 aliphatic carbocycles. The average molecular weight is 498 g/mol. The first kappa shape index (κ1) is 24.9. The molecule has 3 atom stereocenters. The number of nitrogens with one attached hydrogen (secondary N) is 1. The molecule has 0 bridgehead atoms. The number of aryl methyl sites for hydroxylation is 2. The zero-order valence-electron chi connectivity index (χ0n) is 20.1. The van der Waals surface area contributed by atoms with Crippen LogP contribution >= 0.6 is 0 Å². The number of esters is 1. The molecule has 3 aromatic heterocycles. The number of rotatable bonds is 7. The molecule has 0 unspecified atom stereocenters. The summed E-state index contributed by atoms with van der Waals surface area (Å²) in [5.41, 5.74) is 1.25. The van der Waals surface area contributed by atoms with Gasteiger partial charge in [-0.25, -0.2) is 24.0 Å². The Kier molecular flexibility index (Phi) is 6.77. The van der Waals surface area contributed by atoms with Crippen LogP contribution in [0.4, 0.5) is 4.79 Å². The molecule has 0 aliphatic rings. The molecule has 36 heavy (non-hydrogen) atoms. The number of imidazole rings is 2. The summed E-state index contributed by atoms with van der Waals surface area (Å²) in [6.07, 6.45) is -3.18. The van der Waals surface area contributed by atoms with Crippen LogP contribution in [0.1, 0.15) is 23.1 Å². The number of ether oxygens (including phenoxy) is 2. The highest BCUT2D eigenvalue weighted by molar-refractivity contribution is 5.82. The van der Waals surface area contributed by atoms with Gasteiger partial charge >= 0.3 is 12.1 Å². The van der Waals surface area contributed by atoms with Crippen LogP contribution in [0.2, 0.25) is 0 Å². The second-order valence-corrected chi connectivity index (χ2v) is 8.18. The third-order valence-electron chi connectivity index (χ3n) is 5.98. The van der Waals surface area contributed by atoms with Gasteiger partial charge in [-0.3, -0.25) is 9.36 Å². The molecule has 1 aromatic carbocycles. The number of fused-ring (bicyclic) bond motifs is 2. The average Bonchev–Trinajstić information content (AvgIpc) is 3.46. The third-order valence-corrected chi connectivity index (χ3v) is 5.98. The van der Waals surface area contributed by atoms with Crippen molar-refractivity contribution in [2.75, 3.05) is 14.2 Å². The van der Waals surface area contributed by atoms with Crippen molar-refractivity contribution in [1.29, 1.82) is 0 Å². The number of alkyl carbamates (subject to hydrolysis) is 1. The molecule has 0 spiro atoms. The normalized spacial score (nSPS) is 13.9. The number of nitrogens with zero attached hydrogens (tertiary/aromatic N) is 5. The summed E-state index contributed by atoms with van der Waals surface area (Å²) in [5.74, 6) is -0.846. The standard InChI is InChI=1S/C23H26N6O7/c1-12-15(18(31)17(30)14(21(33)35-3)26-23(34)36-4)29-20(32)16-19(27(2)22(29)25-12)24-11-28(16)10-13-8-6-5-7-9-13/h5-9,11,14,17-18,30-31H,10H2,1-4H3,(H,26,34)/t14-,17+,18+/m0/s1. The first-order valence-electron chi connectivity index (χ1n) is 10.9. The minimum atomic E-state index is -1.90.